The van der Waals surface area contributed by atoms with Crippen LogP contribution in [-0.4, -0.2) is 23.3 Å². The van der Waals surface area contributed by atoms with Crippen molar-refractivity contribution in [2.75, 3.05) is 13.2 Å². The summed E-state index contributed by atoms with van der Waals surface area (Å²) in [5.74, 6) is 2.39. The molecule has 1 aromatic heterocycles. The first kappa shape index (κ1) is 12.2. The van der Waals surface area contributed by atoms with Crippen LogP contribution in [0.2, 0.25) is 0 Å². The molecular weight excluding hydrogens is 242 g/mol. The van der Waals surface area contributed by atoms with Crippen molar-refractivity contribution in [3.63, 3.8) is 0 Å². The van der Waals surface area contributed by atoms with Gasteiger partial charge in [-0.25, -0.2) is 0 Å². The summed E-state index contributed by atoms with van der Waals surface area (Å²) in [6, 6.07) is 8.03. The predicted molar refractivity (Wildman–Crippen MR) is 70.1 cm³/mol. The summed E-state index contributed by atoms with van der Waals surface area (Å²) in [7, 11) is 0. The van der Waals surface area contributed by atoms with E-state index in [9.17, 15) is 0 Å². The molecule has 0 spiro atoms. The second-order valence-corrected chi connectivity index (χ2v) is 4.54. The molecule has 100 valence electrons. The van der Waals surface area contributed by atoms with Crippen LogP contribution in [0.4, 0.5) is 0 Å². The third-order valence-corrected chi connectivity index (χ3v) is 3.27. The summed E-state index contributed by atoms with van der Waals surface area (Å²) in [6.07, 6.45) is 0.875. The average molecular weight is 259 g/mol. The third kappa shape index (κ3) is 2.46. The number of rotatable bonds is 4. The first-order valence-corrected chi connectivity index (χ1v) is 6.63. The lowest BCUT2D eigenvalue weighted by molar-refractivity contribution is 0.263. The zero-order valence-corrected chi connectivity index (χ0v) is 10.9. The van der Waals surface area contributed by atoms with E-state index in [1.807, 2.05) is 25.1 Å². The van der Waals surface area contributed by atoms with Crippen LogP contribution in [-0.2, 0) is 6.54 Å². The van der Waals surface area contributed by atoms with E-state index >= 15 is 0 Å². The summed E-state index contributed by atoms with van der Waals surface area (Å²) in [5.41, 5.74) is 1.13. The number of fused-ring (bicyclic) bond motifs is 1. The molecule has 3 rings (SSSR count). The lowest BCUT2D eigenvalue weighted by Gasteiger charge is -2.23. The molecule has 1 aliphatic heterocycles. The molecule has 5 nitrogen and oxygen atoms in total. The summed E-state index contributed by atoms with van der Waals surface area (Å²) >= 11 is 0. The van der Waals surface area contributed by atoms with Crippen LogP contribution in [0.3, 0.4) is 0 Å². The van der Waals surface area contributed by atoms with Crippen LogP contribution in [0, 0.1) is 0 Å². The van der Waals surface area contributed by atoms with Gasteiger partial charge in [-0.2, -0.15) is 0 Å². The van der Waals surface area contributed by atoms with E-state index < -0.39 is 0 Å². The average Bonchev–Trinajstić information content (AvgIpc) is 2.93. The second-order valence-electron chi connectivity index (χ2n) is 4.54. The van der Waals surface area contributed by atoms with Crippen molar-refractivity contribution in [2.24, 2.45) is 0 Å². The molecule has 5 heteroatoms. The van der Waals surface area contributed by atoms with Crippen LogP contribution < -0.4 is 10.1 Å². The minimum Gasteiger partial charge on any atom is -0.493 e. The lowest BCUT2D eigenvalue weighted by Crippen LogP contribution is -2.15. The van der Waals surface area contributed by atoms with Crippen molar-refractivity contribution < 1.29 is 9.15 Å². The van der Waals surface area contributed by atoms with Crippen LogP contribution in [0.25, 0.3) is 0 Å². The number of aromatic nitrogens is 2. The fourth-order valence-corrected chi connectivity index (χ4v) is 2.31. The molecule has 0 radical (unpaired) electrons. The van der Waals surface area contributed by atoms with E-state index in [0.29, 0.717) is 24.9 Å². The Balaban J connectivity index is 1.85. The van der Waals surface area contributed by atoms with Gasteiger partial charge >= 0.3 is 0 Å². The summed E-state index contributed by atoms with van der Waals surface area (Å²) < 4.78 is 11.4. The van der Waals surface area contributed by atoms with E-state index in [1.54, 1.807) is 0 Å². The highest BCUT2D eigenvalue weighted by molar-refractivity contribution is 5.40. The van der Waals surface area contributed by atoms with Gasteiger partial charge in [0.15, 0.2) is 0 Å². The number of hydrogen-bond acceptors (Lipinski definition) is 5. The van der Waals surface area contributed by atoms with Gasteiger partial charge in [-0.1, -0.05) is 25.1 Å². The molecule has 0 aliphatic carbocycles. The summed E-state index contributed by atoms with van der Waals surface area (Å²) in [6.45, 7) is 4.24. The van der Waals surface area contributed by atoms with Gasteiger partial charge in [-0.05, 0) is 19.0 Å². The van der Waals surface area contributed by atoms with Gasteiger partial charge in [0, 0.05) is 5.56 Å². The number of benzene rings is 1. The van der Waals surface area contributed by atoms with Crippen LogP contribution >= 0.6 is 0 Å². The standard InChI is InChI=1S/C14H17N3O2/c1-2-15-9-13-16-17-14(19-13)11-7-8-18-12-6-4-3-5-10(11)12/h3-6,11,15H,2,7-9H2,1H3. The highest BCUT2D eigenvalue weighted by atomic mass is 16.5. The highest BCUT2D eigenvalue weighted by Gasteiger charge is 2.27. The molecule has 1 N–H and O–H groups in total. The number of hydrogen-bond donors (Lipinski definition) is 1. The molecule has 1 unspecified atom stereocenters. The third-order valence-electron chi connectivity index (χ3n) is 3.27. The molecule has 1 atom stereocenters. The molecule has 2 heterocycles. The Hall–Kier alpha value is -1.88. The molecule has 0 fully saturated rings. The van der Waals surface area contributed by atoms with E-state index in [2.05, 4.69) is 21.6 Å². The maximum atomic E-state index is 5.74. The highest BCUT2D eigenvalue weighted by Crippen LogP contribution is 2.37. The normalized spacial score (nSPS) is 17.8. The first-order chi connectivity index (χ1) is 9.38. The monoisotopic (exact) mass is 259 g/mol. The van der Waals surface area contributed by atoms with E-state index in [0.717, 1.165) is 24.3 Å². The number of nitrogens with zero attached hydrogens (tertiary/aromatic N) is 2. The predicted octanol–water partition coefficient (Wildman–Crippen LogP) is 2.09. The first-order valence-electron chi connectivity index (χ1n) is 6.63. The Morgan fingerprint density at radius 3 is 3.11 bits per heavy atom. The fraction of sp³-hybridized carbons (Fsp3) is 0.429. The Labute approximate surface area is 112 Å². The van der Waals surface area contributed by atoms with Crippen molar-refractivity contribution in [1.29, 1.82) is 0 Å². The zero-order valence-electron chi connectivity index (χ0n) is 10.9. The largest absolute Gasteiger partial charge is 0.493 e. The molecule has 0 bridgehead atoms. The zero-order chi connectivity index (χ0) is 13.1. The molecule has 1 aliphatic rings. The van der Waals surface area contributed by atoms with Crippen molar-refractivity contribution in [1.82, 2.24) is 15.5 Å². The van der Waals surface area contributed by atoms with Crippen molar-refractivity contribution in [2.45, 2.75) is 25.8 Å². The number of para-hydroxylation sites is 1. The van der Waals surface area contributed by atoms with Gasteiger partial charge < -0.3 is 14.5 Å². The molecule has 1 aromatic carbocycles. The SMILES string of the molecule is CCNCc1nnc(C2CCOc3ccccc32)o1. The summed E-state index contributed by atoms with van der Waals surface area (Å²) in [4.78, 5) is 0. The van der Waals surface area contributed by atoms with Gasteiger partial charge in [-0.3, -0.25) is 0 Å². The quantitative estimate of drug-likeness (QED) is 0.911. The maximum absolute atomic E-state index is 5.74. The Bertz CT molecular complexity index is 553. The van der Waals surface area contributed by atoms with E-state index in [-0.39, 0.29) is 5.92 Å². The van der Waals surface area contributed by atoms with Crippen molar-refractivity contribution >= 4 is 0 Å². The van der Waals surface area contributed by atoms with Crippen LogP contribution in [0.1, 0.15) is 36.6 Å². The minimum absolute atomic E-state index is 0.146. The lowest BCUT2D eigenvalue weighted by atomic mass is 9.93. The van der Waals surface area contributed by atoms with Crippen molar-refractivity contribution in [3.8, 4) is 5.75 Å². The van der Waals surface area contributed by atoms with E-state index in [4.69, 9.17) is 9.15 Å². The molecule has 0 saturated heterocycles. The minimum atomic E-state index is 0.146. The molecular formula is C14H17N3O2. The number of nitrogens with one attached hydrogen (secondary N) is 1. The topological polar surface area (TPSA) is 60.2 Å². The van der Waals surface area contributed by atoms with Gasteiger partial charge in [0.2, 0.25) is 11.8 Å². The Morgan fingerprint density at radius 2 is 2.21 bits per heavy atom. The van der Waals surface area contributed by atoms with Crippen LogP contribution in [0.5, 0.6) is 5.75 Å². The molecule has 0 amide bonds. The van der Waals surface area contributed by atoms with Crippen LogP contribution in [0.15, 0.2) is 28.7 Å². The summed E-state index contributed by atoms with van der Waals surface area (Å²) in [5, 5.41) is 11.4. The van der Waals surface area contributed by atoms with Crippen molar-refractivity contribution in [3.05, 3.63) is 41.6 Å². The maximum Gasteiger partial charge on any atom is 0.230 e. The van der Waals surface area contributed by atoms with Gasteiger partial charge in [0.05, 0.1) is 19.1 Å². The Kier molecular flexibility index (Phi) is 3.46. The smallest absolute Gasteiger partial charge is 0.230 e. The number of ether oxygens (including phenoxy) is 1. The van der Waals surface area contributed by atoms with E-state index in [1.165, 1.54) is 0 Å². The molecule has 0 saturated carbocycles. The van der Waals surface area contributed by atoms with Gasteiger partial charge in [0.25, 0.3) is 0 Å². The molecule has 2 aromatic rings. The Morgan fingerprint density at radius 1 is 1.32 bits per heavy atom. The molecule has 19 heavy (non-hydrogen) atoms. The van der Waals surface area contributed by atoms with Gasteiger partial charge in [0.1, 0.15) is 5.75 Å². The van der Waals surface area contributed by atoms with Gasteiger partial charge in [-0.15, -0.1) is 10.2 Å². The second kappa shape index (κ2) is 5.40. The fourth-order valence-electron chi connectivity index (χ4n) is 2.31.